The Bertz CT molecular complexity index is 779. The quantitative estimate of drug-likeness (QED) is 0.810. The summed E-state index contributed by atoms with van der Waals surface area (Å²) in [5, 5.41) is 0. The van der Waals surface area contributed by atoms with Gasteiger partial charge in [-0.3, -0.25) is 4.98 Å². The minimum atomic E-state index is -4.62. The monoisotopic (exact) mass is 373 g/mol. The highest BCUT2D eigenvalue weighted by Crippen LogP contribution is 2.28. The zero-order valence-corrected chi connectivity index (χ0v) is 14.1. The highest BCUT2D eigenvalue weighted by atomic mass is 32.2. The molecule has 0 aliphatic carbocycles. The normalized spacial score (nSPS) is 12.5. The van der Waals surface area contributed by atoms with Crippen LogP contribution in [0.25, 0.3) is 0 Å². The van der Waals surface area contributed by atoms with Gasteiger partial charge >= 0.3 is 6.18 Å². The molecule has 0 amide bonds. The fourth-order valence-corrected chi connectivity index (χ4v) is 3.60. The predicted molar refractivity (Wildman–Crippen MR) is 86.9 cm³/mol. The van der Waals surface area contributed by atoms with E-state index >= 15 is 0 Å². The molecule has 0 radical (unpaired) electrons. The van der Waals surface area contributed by atoms with Gasteiger partial charge in [-0.05, 0) is 30.7 Å². The van der Waals surface area contributed by atoms with Gasteiger partial charge in [0.15, 0.2) is 0 Å². The average Bonchev–Trinajstić information content (AvgIpc) is 2.58. The van der Waals surface area contributed by atoms with Gasteiger partial charge in [-0.25, -0.2) is 8.42 Å². The highest BCUT2D eigenvalue weighted by molar-refractivity contribution is 7.89. The summed E-state index contributed by atoms with van der Waals surface area (Å²) in [6, 6.07) is 10.5. The number of halogens is 3. The molecule has 5 nitrogen and oxygen atoms in total. The van der Waals surface area contributed by atoms with Gasteiger partial charge in [-0.15, -0.1) is 0 Å². The van der Waals surface area contributed by atoms with E-state index in [0.29, 0.717) is 19.0 Å². The van der Waals surface area contributed by atoms with E-state index in [1.54, 1.807) is 24.3 Å². The minimum absolute atomic E-state index is 0.101. The van der Waals surface area contributed by atoms with Crippen molar-refractivity contribution in [3.63, 3.8) is 0 Å². The predicted octanol–water partition coefficient (Wildman–Crippen LogP) is 2.64. The molecule has 0 fully saturated rings. The van der Waals surface area contributed by atoms with Gasteiger partial charge in [0.05, 0.1) is 0 Å². The SMILES string of the molecule is NCCCN(Cc1ccccc1)S(=O)(=O)c1ccc(C(F)(F)F)nc1. The van der Waals surface area contributed by atoms with Crippen molar-refractivity contribution in [3.05, 3.63) is 59.9 Å². The molecule has 0 unspecified atom stereocenters. The standard InChI is InChI=1S/C16H18F3N3O2S/c17-16(18,19)15-8-7-14(11-21-15)25(23,24)22(10-4-9-20)12-13-5-2-1-3-6-13/h1-3,5-8,11H,4,9-10,12,20H2. The van der Waals surface area contributed by atoms with Gasteiger partial charge in [0.1, 0.15) is 10.6 Å². The van der Waals surface area contributed by atoms with Crippen LogP contribution in [0.15, 0.2) is 53.6 Å². The first-order valence-electron chi connectivity index (χ1n) is 7.52. The molecule has 2 aromatic rings. The Morgan fingerprint density at radius 1 is 1.08 bits per heavy atom. The van der Waals surface area contributed by atoms with Crippen LogP contribution in [0.1, 0.15) is 17.7 Å². The number of hydrogen-bond acceptors (Lipinski definition) is 4. The van der Waals surface area contributed by atoms with Gasteiger partial charge < -0.3 is 5.73 Å². The molecule has 0 atom stereocenters. The molecular formula is C16H18F3N3O2S. The molecule has 1 heterocycles. The van der Waals surface area contributed by atoms with Crippen LogP contribution in [0.4, 0.5) is 13.2 Å². The number of pyridine rings is 1. The van der Waals surface area contributed by atoms with E-state index in [2.05, 4.69) is 4.98 Å². The summed E-state index contributed by atoms with van der Waals surface area (Å²) >= 11 is 0. The number of hydrogen-bond donors (Lipinski definition) is 1. The maximum absolute atomic E-state index is 12.8. The summed E-state index contributed by atoms with van der Waals surface area (Å²) in [6.45, 7) is 0.561. The summed E-state index contributed by atoms with van der Waals surface area (Å²) in [6.07, 6.45) is -3.45. The van der Waals surface area contributed by atoms with Crippen molar-refractivity contribution >= 4 is 10.0 Å². The maximum atomic E-state index is 12.8. The first kappa shape index (κ1) is 19.4. The van der Waals surface area contributed by atoms with Crippen molar-refractivity contribution in [1.82, 2.24) is 9.29 Å². The van der Waals surface area contributed by atoms with Crippen LogP contribution >= 0.6 is 0 Å². The van der Waals surface area contributed by atoms with E-state index in [-0.39, 0.29) is 18.0 Å². The fraction of sp³-hybridized carbons (Fsp3) is 0.312. The number of benzene rings is 1. The van der Waals surface area contributed by atoms with Crippen LogP contribution in [0.2, 0.25) is 0 Å². The number of alkyl halides is 3. The van der Waals surface area contributed by atoms with Crippen LogP contribution in [0.3, 0.4) is 0 Å². The van der Waals surface area contributed by atoms with Crippen LogP contribution in [0.5, 0.6) is 0 Å². The van der Waals surface area contributed by atoms with Crippen LogP contribution in [-0.2, 0) is 22.7 Å². The highest BCUT2D eigenvalue weighted by Gasteiger charge is 2.33. The second-order valence-electron chi connectivity index (χ2n) is 5.34. The van der Waals surface area contributed by atoms with Crippen molar-refractivity contribution in [2.45, 2.75) is 24.0 Å². The van der Waals surface area contributed by atoms with Gasteiger partial charge in [-0.2, -0.15) is 17.5 Å². The molecule has 1 aromatic heterocycles. The summed E-state index contributed by atoms with van der Waals surface area (Å²) in [5.41, 5.74) is 5.09. The third-order valence-electron chi connectivity index (χ3n) is 3.48. The van der Waals surface area contributed by atoms with Crippen molar-refractivity contribution in [2.75, 3.05) is 13.1 Å². The summed E-state index contributed by atoms with van der Waals surface area (Å²) < 4.78 is 64.5. The molecule has 0 aliphatic rings. The molecule has 9 heteroatoms. The van der Waals surface area contributed by atoms with Crippen LogP contribution in [-0.4, -0.2) is 30.8 Å². The fourth-order valence-electron chi connectivity index (χ4n) is 2.19. The smallest absolute Gasteiger partial charge is 0.330 e. The molecule has 25 heavy (non-hydrogen) atoms. The van der Waals surface area contributed by atoms with E-state index in [0.717, 1.165) is 17.8 Å². The summed E-state index contributed by atoms with van der Waals surface area (Å²) in [7, 11) is -3.99. The Morgan fingerprint density at radius 3 is 2.28 bits per heavy atom. The average molecular weight is 373 g/mol. The number of nitrogens with zero attached hydrogens (tertiary/aromatic N) is 2. The van der Waals surface area contributed by atoms with Crippen molar-refractivity contribution in [1.29, 1.82) is 0 Å². The second kappa shape index (κ2) is 7.94. The second-order valence-corrected chi connectivity index (χ2v) is 7.28. The topological polar surface area (TPSA) is 76.3 Å². The molecule has 0 aliphatic heterocycles. The number of aromatic nitrogens is 1. The third kappa shape index (κ3) is 5.00. The first-order valence-corrected chi connectivity index (χ1v) is 8.96. The molecule has 2 N–H and O–H groups in total. The molecule has 0 bridgehead atoms. The van der Waals surface area contributed by atoms with Gasteiger partial charge in [0, 0.05) is 19.3 Å². The van der Waals surface area contributed by atoms with E-state index in [1.807, 2.05) is 6.07 Å². The maximum Gasteiger partial charge on any atom is 0.433 e. The number of rotatable bonds is 7. The summed E-state index contributed by atoms with van der Waals surface area (Å²) in [4.78, 5) is 2.95. The van der Waals surface area contributed by atoms with Crippen molar-refractivity contribution < 1.29 is 21.6 Å². The van der Waals surface area contributed by atoms with E-state index in [1.165, 1.54) is 4.31 Å². The number of sulfonamides is 1. The Labute approximate surface area is 144 Å². The van der Waals surface area contributed by atoms with Crippen molar-refractivity contribution in [2.24, 2.45) is 5.73 Å². The zero-order valence-electron chi connectivity index (χ0n) is 13.3. The van der Waals surface area contributed by atoms with E-state index < -0.39 is 21.9 Å². The van der Waals surface area contributed by atoms with E-state index in [9.17, 15) is 21.6 Å². The summed E-state index contributed by atoms with van der Waals surface area (Å²) in [5.74, 6) is 0. The Morgan fingerprint density at radius 2 is 1.76 bits per heavy atom. The largest absolute Gasteiger partial charge is 0.433 e. The molecule has 0 saturated heterocycles. The minimum Gasteiger partial charge on any atom is -0.330 e. The van der Waals surface area contributed by atoms with E-state index in [4.69, 9.17) is 5.73 Å². The first-order chi connectivity index (χ1) is 11.7. The zero-order chi connectivity index (χ0) is 18.5. The number of nitrogens with two attached hydrogens (primary N) is 1. The Kier molecular flexibility index (Phi) is 6.15. The van der Waals surface area contributed by atoms with Gasteiger partial charge in [0.2, 0.25) is 10.0 Å². The third-order valence-corrected chi connectivity index (χ3v) is 5.31. The molecule has 0 spiro atoms. The van der Waals surface area contributed by atoms with Crippen molar-refractivity contribution in [3.8, 4) is 0 Å². The van der Waals surface area contributed by atoms with Gasteiger partial charge in [-0.1, -0.05) is 30.3 Å². The molecule has 0 saturated carbocycles. The van der Waals surface area contributed by atoms with Crippen LogP contribution < -0.4 is 5.73 Å². The molecule has 1 aromatic carbocycles. The lowest BCUT2D eigenvalue weighted by Crippen LogP contribution is -2.32. The molecule has 136 valence electrons. The molecular weight excluding hydrogens is 355 g/mol. The molecule has 2 rings (SSSR count). The Hall–Kier alpha value is -1.97. The lowest BCUT2D eigenvalue weighted by atomic mass is 10.2. The van der Waals surface area contributed by atoms with Crippen LogP contribution in [0, 0.1) is 0 Å². The Balaban J connectivity index is 2.30. The lowest BCUT2D eigenvalue weighted by Gasteiger charge is -2.22. The lowest BCUT2D eigenvalue weighted by molar-refractivity contribution is -0.141. The van der Waals surface area contributed by atoms with Gasteiger partial charge in [0.25, 0.3) is 0 Å².